The van der Waals surface area contributed by atoms with E-state index in [0.29, 0.717) is 24.9 Å². The lowest BCUT2D eigenvalue weighted by molar-refractivity contribution is 0.0119. The van der Waals surface area contributed by atoms with Crippen LogP contribution in [0, 0.1) is 5.82 Å². The average molecular weight is 329 g/mol. The molecular formula is C18H20FN3O2. The molecule has 0 spiro atoms. The topological polar surface area (TPSA) is 79.5 Å². The van der Waals surface area contributed by atoms with Crippen molar-refractivity contribution in [2.75, 3.05) is 12.3 Å². The van der Waals surface area contributed by atoms with E-state index in [1.54, 1.807) is 29.2 Å². The van der Waals surface area contributed by atoms with Gasteiger partial charge in [-0.05, 0) is 49.1 Å². The number of carbonyl (C=O) groups is 1. The van der Waals surface area contributed by atoms with Crippen molar-refractivity contribution in [1.29, 1.82) is 0 Å². The van der Waals surface area contributed by atoms with Gasteiger partial charge < -0.3 is 15.7 Å². The smallest absolute Gasteiger partial charge is 0.257 e. The summed E-state index contributed by atoms with van der Waals surface area (Å²) in [6.45, 7) is 0.552. The van der Waals surface area contributed by atoms with E-state index < -0.39 is 6.10 Å². The first-order valence-electron chi connectivity index (χ1n) is 8.00. The highest BCUT2D eigenvalue weighted by Crippen LogP contribution is 2.24. The Morgan fingerprint density at radius 3 is 2.79 bits per heavy atom. The lowest BCUT2D eigenvalue weighted by Crippen LogP contribution is -2.52. The zero-order valence-electron chi connectivity index (χ0n) is 13.2. The van der Waals surface area contributed by atoms with E-state index in [0.717, 1.165) is 12.0 Å². The normalized spacial score (nSPS) is 20.8. The monoisotopic (exact) mass is 329 g/mol. The van der Waals surface area contributed by atoms with Crippen LogP contribution >= 0.6 is 0 Å². The van der Waals surface area contributed by atoms with Gasteiger partial charge in [0.15, 0.2) is 0 Å². The number of pyridine rings is 1. The fourth-order valence-electron chi connectivity index (χ4n) is 3.15. The van der Waals surface area contributed by atoms with Crippen molar-refractivity contribution >= 4 is 11.7 Å². The molecule has 3 N–H and O–H groups in total. The number of hydrogen-bond donors (Lipinski definition) is 2. The molecule has 126 valence electrons. The maximum Gasteiger partial charge on any atom is 0.257 e. The number of aromatic nitrogens is 1. The average Bonchev–Trinajstić information content (AvgIpc) is 2.58. The van der Waals surface area contributed by atoms with Gasteiger partial charge in [-0.3, -0.25) is 4.79 Å². The van der Waals surface area contributed by atoms with E-state index in [-0.39, 0.29) is 23.6 Å². The number of amides is 1. The van der Waals surface area contributed by atoms with Gasteiger partial charge in [0, 0.05) is 12.7 Å². The first kappa shape index (κ1) is 16.4. The van der Waals surface area contributed by atoms with Crippen LogP contribution in [0.15, 0.2) is 42.6 Å². The Labute approximate surface area is 139 Å². The molecule has 0 bridgehead atoms. The van der Waals surface area contributed by atoms with Crippen LogP contribution in [0.3, 0.4) is 0 Å². The van der Waals surface area contributed by atoms with Gasteiger partial charge in [0.25, 0.3) is 5.91 Å². The second-order valence-electron chi connectivity index (χ2n) is 6.04. The molecule has 1 aromatic heterocycles. The van der Waals surface area contributed by atoms with E-state index in [9.17, 15) is 14.3 Å². The van der Waals surface area contributed by atoms with Gasteiger partial charge in [0.2, 0.25) is 0 Å². The molecule has 1 aliphatic rings. The maximum atomic E-state index is 13.1. The van der Waals surface area contributed by atoms with Crippen LogP contribution in [0.2, 0.25) is 0 Å². The van der Waals surface area contributed by atoms with Gasteiger partial charge >= 0.3 is 0 Å². The molecule has 1 saturated heterocycles. The minimum Gasteiger partial charge on any atom is -0.391 e. The highest BCUT2D eigenvalue weighted by atomic mass is 19.1. The fraction of sp³-hybridized carbons (Fsp3) is 0.333. The van der Waals surface area contributed by atoms with Gasteiger partial charge in [-0.1, -0.05) is 12.1 Å². The molecule has 0 unspecified atom stereocenters. The number of aliphatic hydroxyl groups is 1. The van der Waals surface area contributed by atoms with Crippen LogP contribution < -0.4 is 5.73 Å². The van der Waals surface area contributed by atoms with Crippen molar-refractivity contribution < 1.29 is 14.3 Å². The van der Waals surface area contributed by atoms with Crippen LogP contribution in [0.1, 0.15) is 28.8 Å². The summed E-state index contributed by atoms with van der Waals surface area (Å²) in [5, 5.41) is 10.4. The quantitative estimate of drug-likeness (QED) is 0.903. The summed E-state index contributed by atoms with van der Waals surface area (Å²) in [6.07, 6.45) is 2.75. The Balaban J connectivity index is 1.85. The number of carbonyl (C=O) groups excluding carboxylic acids is 1. The number of likely N-dealkylation sites (tertiary alicyclic amines) is 1. The number of anilines is 1. The van der Waals surface area contributed by atoms with Gasteiger partial charge in [-0.2, -0.15) is 0 Å². The van der Waals surface area contributed by atoms with Crippen molar-refractivity contribution in [2.24, 2.45) is 0 Å². The number of nitrogens with two attached hydrogens (primary N) is 1. The molecule has 1 aliphatic heterocycles. The molecule has 1 fully saturated rings. The third-order valence-electron chi connectivity index (χ3n) is 4.43. The van der Waals surface area contributed by atoms with Crippen LogP contribution in [-0.2, 0) is 6.42 Å². The lowest BCUT2D eigenvalue weighted by atomic mass is 9.92. The zero-order valence-corrected chi connectivity index (χ0v) is 13.2. The number of piperidine rings is 1. The molecule has 0 radical (unpaired) electrons. The Hall–Kier alpha value is -2.47. The predicted octanol–water partition coefficient (Wildman–Crippen LogP) is 2.01. The first-order chi connectivity index (χ1) is 11.6. The van der Waals surface area contributed by atoms with Crippen LogP contribution in [0.4, 0.5) is 10.2 Å². The number of hydrogen-bond acceptors (Lipinski definition) is 4. The zero-order chi connectivity index (χ0) is 17.1. The minimum absolute atomic E-state index is 0.183. The van der Waals surface area contributed by atoms with Gasteiger partial charge in [0.05, 0.1) is 17.7 Å². The summed E-state index contributed by atoms with van der Waals surface area (Å²) >= 11 is 0. The van der Waals surface area contributed by atoms with Crippen LogP contribution in [0.25, 0.3) is 0 Å². The lowest BCUT2D eigenvalue weighted by Gasteiger charge is -2.39. The number of nitrogens with zero attached hydrogens (tertiary/aromatic N) is 2. The number of aliphatic hydroxyl groups excluding tert-OH is 1. The molecule has 0 saturated carbocycles. The minimum atomic E-state index is -0.620. The van der Waals surface area contributed by atoms with E-state index in [4.69, 9.17) is 5.73 Å². The highest BCUT2D eigenvalue weighted by molar-refractivity contribution is 5.98. The number of rotatable bonds is 3. The van der Waals surface area contributed by atoms with Crippen molar-refractivity contribution in [3.8, 4) is 0 Å². The predicted molar refractivity (Wildman–Crippen MR) is 88.8 cm³/mol. The second kappa shape index (κ2) is 6.97. The van der Waals surface area contributed by atoms with Crippen molar-refractivity contribution in [2.45, 2.75) is 31.4 Å². The van der Waals surface area contributed by atoms with Gasteiger partial charge in [0.1, 0.15) is 11.6 Å². The van der Waals surface area contributed by atoms with Crippen LogP contribution in [0.5, 0.6) is 0 Å². The number of halogens is 1. The van der Waals surface area contributed by atoms with E-state index in [1.165, 1.54) is 18.3 Å². The van der Waals surface area contributed by atoms with E-state index >= 15 is 0 Å². The molecule has 24 heavy (non-hydrogen) atoms. The Morgan fingerprint density at radius 2 is 2.08 bits per heavy atom. The van der Waals surface area contributed by atoms with Crippen molar-refractivity contribution in [3.05, 3.63) is 59.5 Å². The molecule has 3 rings (SSSR count). The Bertz CT molecular complexity index is 720. The largest absolute Gasteiger partial charge is 0.391 e. The maximum absolute atomic E-state index is 13.1. The Morgan fingerprint density at radius 1 is 1.33 bits per heavy atom. The molecule has 2 heterocycles. The van der Waals surface area contributed by atoms with Gasteiger partial charge in [-0.25, -0.2) is 9.37 Å². The van der Waals surface area contributed by atoms with Crippen molar-refractivity contribution in [3.63, 3.8) is 0 Å². The highest BCUT2D eigenvalue weighted by Gasteiger charge is 2.34. The molecule has 5 nitrogen and oxygen atoms in total. The molecule has 2 atom stereocenters. The molecule has 1 aromatic carbocycles. The molecule has 6 heteroatoms. The summed E-state index contributed by atoms with van der Waals surface area (Å²) in [5.74, 6) is -0.353. The van der Waals surface area contributed by atoms with E-state index in [2.05, 4.69) is 4.98 Å². The van der Waals surface area contributed by atoms with E-state index in [1.807, 2.05) is 0 Å². The third kappa shape index (κ3) is 3.38. The molecule has 2 aromatic rings. The third-order valence-corrected chi connectivity index (χ3v) is 4.43. The number of benzene rings is 1. The summed E-state index contributed by atoms with van der Waals surface area (Å²) in [6, 6.07) is 9.07. The SMILES string of the molecule is Nc1ncccc1C(=O)N1CCC[C@H](O)[C@@H]1Cc1ccc(F)cc1. The van der Waals surface area contributed by atoms with Crippen molar-refractivity contribution in [1.82, 2.24) is 9.88 Å². The summed E-state index contributed by atoms with van der Waals surface area (Å²) in [7, 11) is 0. The first-order valence-corrected chi connectivity index (χ1v) is 8.00. The summed E-state index contributed by atoms with van der Waals surface area (Å²) in [4.78, 5) is 18.5. The van der Waals surface area contributed by atoms with Crippen LogP contribution in [-0.4, -0.2) is 39.6 Å². The standard InChI is InChI=1S/C18H20FN3O2/c19-13-7-5-12(6-8-13)11-15-16(23)4-2-10-22(15)18(24)14-3-1-9-21-17(14)20/h1,3,5-9,15-16,23H,2,4,10-11H2,(H2,20,21)/t15-,16-/m0/s1. The fourth-order valence-corrected chi connectivity index (χ4v) is 3.15. The number of nitrogen functional groups attached to an aromatic ring is 1. The molecule has 1 amide bonds. The molecule has 0 aliphatic carbocycles. The summed E-state index contributed by atoms with van der Waals surface area (Å²) < 4.78 is 13.1. The van der Waals surface area contributed by atoms with Gasteiger partial charge in [-0.15, -0.1) is 0 Å². The molecular weight excluding hydrogens is 309 g/mol. The second-order valence-corrected chi connectivity index (χ2v) is 6.04. The summed E-state index contributed by atoms with van der Waals surface area (Å²) in [5.41, 5.74) is 7.03. The Kier molecular flexibility index (Phi) is 4.76.